The van der Waals surface area contributed by atoms with Gasteiger partial charge in [0.2, 0.25) is 0 Å². The van der Waals surface area contributed by atoms with Crippen molar-refractivity contribution in [3.8, 4) is 0 Å². The summed E-state index contributed by atoms with van der Waals surface area (Å²) in [5.41, 5.74) is 4.04. The summed E-state index contributed by atoms with van der Waals surface area (Å²) in [5.74, 6) is 0. The van der Waals surface area contributed by atoms with Gasteiger partial charge in [0, 0.05) is 26.0 Å². The van der Waals surface area contributed by atoms with Gasteiger partial charge in [-0.3, -0.25) is 4.84 Å². The van der Waals surface area contributed by atoms with E-state index < -0.39 is 0 Å². The Bertz CT molecular complexity index is 260. The molecule has 1 N–H and O–H groups in total. The molecule has 1 aromatic rings. The summed E-state index contributed by atoms with van der Waals surface area (Å²) in [6.45, 7) is 6.80. The van der Waals surface area contributed by atoms with Crippen LogP contribution in [0, 0.1) is 0 Å². The Kier molecular flexibility index (Phi) is 3.12. The molecule has 0 bridgehead atoms. The molecular weight excluding hydrogens is 164 g/mol. The number of rotatable bonds is 3. The number of nitrogens with one attached hydrogen (secondary N) is 1. The van der Waals surface area contributed by atoms with Gasteiger partial charge in [-0.25, -0.2) is 0 Å². The Morgan fingerprint density at radius 3 is 2.62 bits per heavy atom. The van der Waals surface area contributed by atoms with Gasteiger partial charge in [0.25, 0.3) is 0 Å². The van der Waals surface area contributed by atoms with Gasteiger partial charge in [0.15, 0.2) is 0 Å². The van der Waals surface area contributed by atoms with E-state index in [1.165, 1.54) is 5.56 Å². The summed E-state index contributed by atoms with van der Waals surface area (Å²) in [5, 5.41) is 0. The average molecular weight is 182 g/mol. The molecule has 0 aromatic carbocycles. The van der Waals surface area contributed by atoms with E-state index in [1.54, 1.807) is 0 Å². The fraction of sp³-hybridized carbons (Fsp3) is 0.600. The van der Waals surface area contributed by atoms with Crippen molar-refractivity contribution in [2.24, 2.45) is 7.05 Å². The van der Waals surface area contributed by atoms with E-state index >= 15 is 0 Å². The maximum atomic E-state index is 5.38. The molecule has 0 fully saturated rings. The minimum Gasteiger partial charge on any atom is -0.357 e. The van der Waals surface area contributed by atoms with E-state index in [2.05, 4.69) is 17.7 Å². The lowest BCUT2D eigenvalue weighted by molar-refractivity contribution is -0.0757. The first-order chi connectivity index (χ1) is 5.97. The highest BCUT2D eigenvalue weighted by atomic mass is 16.7. The van der Waals surface area contributed by atoms with Crippen molar-refractivity contribution in [2.45, 2.75) is 32.9 Å². The number of hydrogen-bond donors (Lipinski definition) is 1. The molecule has 1 aromatic heterocycles. The molecule has 0 aliphatic rings. The number of nitrogens with zero attached hydrogens (tertiary/aromatic N) is 1. The van der Waals surface area contributed by atoms with Gasteiger partial charge in [-0.15, -0.1) is 0 Å². The highest BCUT2D eigenvalue weighted by Crippen LogP contribution is 2.05. The summed E-state index contributed by atoms with van der Waals surface area (Å²) in [7, 11) is 2.01. The third-order valence-electron chi connectivity index (χ3n) is 1.55. The Hall–Kier alpha value is -0.800. The van der Waals surface area contributed by atoms with E-state index in [9.17, 15) is 0 Å². The molecule has 1 rings (SSSR count). The highest BCUT2D eigenvalue weighted by molar-refractivity contribution is 5.08. The molecule has 3 nitrogen and oxygen atoms in total. The van der Waals surface area contributed by atoms with Crippen LogP contribution in [0.5, 0.6) is 0 Å². The van der Waals surface area contributed by atoms with E-state index in [-0.39, 0.29) is 5.60 Å². The number of hydroxylamine groups is 1. The normalized spacial score (nSPS) is 12.0. The number of hydrogen-bond acceptors (Lipinski definition) is 2. The smallest absolute Gasteiger partial charge is 0.0813 e. The van der Waals surface area contributed by atoms with Gasteiger partial charge >= 0.3 is 0 Å². The van der Waals surface area contributed by atoms with Crippen molar-refractivity contribution in [1.82, 2.24) is 10.0 Å². The van der Waals surface area contributed by atoms with Gasteiger partial charge < -0.3 is 4.57 Å². The fourth-order valence-corrected chi connectivity index (χ4v) is 1.00. The largest absolute Gasteiger partial charge is 0.357 e. The monoisotopic (exact) mass is 182 g/mol. The van der Waals surface area contributed by atoms with Crippen LogP contribution >= 0.6 is 0 Å². The summed E-state index contributed by atoms with van der Waals surface area (Å²) < 4.78 is 2.02. The maximum Gasteiger partial charge on any atom is 0.0813 e. The zero-order chi connectivity index (χ0) is 9.90. The molecule has 0 aliphatic heterocycles. The van der Waals surface area contributed by atoms with E-state index in [0.29, 0.717) is 0 Å². The molecule has 0 spiro atoms. The molecule has 3 heteroatoms. The Morgan fingerprint density at radius 1 is 1.46 bits per heavy atom. The third-order valence-corrected chi connectivity index (χ3v) is 1.55. The van der Waals surface area contributed by atoms with Crippen LogP contribution in [0.15, 0.2) is 18.5 Å². The van der Waals surface area contributed by atoms with Crippen molar-refractivity contribution < 1.29 is 4.84 Å². The van der Waals surface area contributed by atoms with Crippen LogP contribution in [-0.4, -0.2) is 10.2 Å². The molecule has 0 aliphatic carbocycles. The first-order valence-electron chi connectivity index (χ1n) is 4.49. The first-order valence-corrected chi connectivity index (χ1v) is 4.49. The minimum atomic E-state index is -0.130. The van der Waals surface area contributed by atoms with Crippen LogP contribution in [0.25, 0.3) is 0 Å². The second-order valence-corrected chi connectivity index (χ2v) is 4.22. The Morgan fingerprint density at radius 2 is 2.15 bits per heavy atom. The highest BCUT2D eigenvalue weighted by Gasteiger charge is 2.09. The number of aryl methyl sites for hydroxylation is 1. The SMILES string of the molecule is Cn1ccc(CNOC(C)(C)C)c1. The van der Waals surface area contributed by atoms with E-state index in [1.807, 2.05) is 38.6 Å². The predicted molar refractivity (Wildman–Crippen MR) is 53.1 cm³/mol. The lowest BCUT2D eigenvalue weighted by atomic mass is 10.2. The fourth-order valence-electron chi connectivity index (χ4n) is 1.00. The van der Waals surface area contributed by atoms with Crippen molar-refractivity contribution in [3.63, 3.8) is 0 Å². The lowest BCUT2D eigenvalue weighted by Gasteiger charge is -2.18. The predicted octanol–water partition coefficient (Wildman–Crippen LogP) is 1.84. The summed E-state index contributed by atoms with van der Waals surface area (Å²) >= 11 is 0. The van der Waals surface area contributed by atoms with Crippen LogP contribution in [0.1, 0.15) is 26.3 Å². The Labute approximate surface area is 79.7 Å². The van der Waals surface area contributed by atoms with Gasteiger partial charge in [0.1, 0.15) is 0 Å². The molecule has 74 valence electrons. The quantitative estimate of drug-likeness (QED) is 0.722. The minimum absolute atomic E-state index is 0.130. The van der Waals surface area contributed by atoms with Gasteiger partial charge in [0.05, 0.1) is 5.60 Å². The second kappa shape index (κ2) is 3.94. The van der Waals surface area contributed by atoms with E-state index in [4.69, 9.17) is 4.84 Å². The zero-order valence-corrected chi connectivity index (χ0v) is 8.79. The molecule has 0 atom stereocenters. The number of aromatic nitrogens is 1. The van der Waals surface area contributed by atoms with Crippen molar-refractivity contribution in [3.05, 3.63) is 24.0 Å². The Balaban J connectivity index is 2.28. The van der Waals surface area contributed by atoms with Gasteiger partial charge in [-0.1, -0.05) is 0 Å². The van der Waals surface area contributed by atoms with Gasteiger partial charge in [-0.05, 0) is 32.4 Å². The van der Waals surface area contributed by atoms with Crippen LogP contribution in [0.4, 0.5) is 0 Å². The first kappa shape index (κ1) is 10.3. The maximum absolute atomic E-state index is 5.38. The lowest BCUT2D eigenvalue weighted by Crippen LogP contribution is -2.28. The van der Waals surface area contributed by atoms with Crippen LogP contribution < -0.4 is 5.48 Å². The molecule has 0 saturated heterocycles. The second-order valence-electron chi connectivity index (χ2n) is 4.22. The van der Waals surface area contributed by atoms with Crippen molar-refractivity contribution >= 4 is 0 Å². The van der Waals surface area contributed by atoms with Crippen LogP contribution in [0.2, 0.25) is 0 Å². The zero-order valence-electron chi connectivity index (χ0n) is 8.79. The summed E-state index contributed by atoms with van der Waals surface area (Å²) in [4.78, 5) is 5.38. The average Bonchev–Trinajstić information content (AvgIpc) is 2.33. The standard InChI is InChI=1S/C10H18N2O/c1-10(2,3)13-11-7-9-5-6-12(4)8-9/h5-6,8,11H,7H2,1-4H3. The van der Waals surface area contributed by atoms with Crippen molar-refractivity contribution in [1.29, 1.82) is 0 Å². The summed E-state index contributed by atoms with van der Waals surface area (Å²) in [6.07, 6.45) is 4.09. The summed E-state index contributed by atoms with van der Waals surface area (Å²) in [6, 6.07) is 2.07. The third kappa shape index (κ3) is 4.10. The molecule has 0 radical (unpaired) electrons. The van der Waals surface area contributed by atoms with Crippen LogP contribution in [0.3, 0.4) is 0 Å². The molecule has 0 saturated carbocycles. The molecule has 1 heterocycles. The molecule has 13 heavy (non-hydrogen) atoms. The van der Waals surface area contributed by atoms with Crippen molar-refractivity contribution in [2.75, 3.05) is 0 Å². The van der Waals surface area contributed by atoms with Gasteiger partial charge in [-0.2, -0.15) is 5.48 Å². The molecular formula is C10H18N2O. The molecule has 0 unspecified atom stereocenters. The van der Waals surface area contributed by atoms with E-state index in [0.717, 1.165) is 6.54 Å². The molecule has 0 amide bonds. The van der Waals surface area contributed by atoms with Crippen LogP contribution in [-0.2, 0) is 18.4 Å². The topological polar surface area (TPSA) is 26.2 Å².